The monoisotopic (exact) mass is 369 g/mol. The third kappa shape index (κ3) is 7.83. The Hall–Kier alpha value is -2.33. The summed E-state index contributed by atoms with van der Waals surface area (Å²) in [6.07, 6.45) is 1.92. The highest BCUT2D eigenvalue weighted by Gasteiger charge is 2.12. The van der Waals surface area contributed by atoms with Crippen LogP contribution in [0.15, 0.2) is 48.5 Å². The van der Waals surface area contributed by atoms with Gasteiger partial charge in [0.05, 0.1) is 13.0 Å². The normalized spacial score (nSPS) is 11.4. The fraction of sp³-hybridized carbons (Fsp3) is 0.435. The van der Waals surface area contributed by atoms with Crippen molar-refractivity contribution in [1.82, 2.24) is 5.32 Å². The Kier molecular flexibility index (Phi) is 7.86. The van der Waals surface area contributed by atoms with Crippen LogP contribution in [0.4, 0.5) is 0 Å². The lowest BCUT2D eigenvalue weighted by molar-refractivity contribution is -0.136. The van der Waals surface area contributed by atoms with E-state index in [1.165, 1.54) is 16.7 Å². The molecule has 2 aromatic rings. The maximum absolute atomic E-state index is 10.4. The largest absolute Gasteiger partial charge is 0.493 e. The fourth-order valence-electron chi connectivity index (χ4n) is 2.76. The van der Waals surface area contributed by atoms with Gasteiger partial charge in [-0.2, -0.15) is 0 Å². The first-order chi connectivity index (χ1) is 12.8. The highest BCUT2D eigenvalue weighted by Crippen LogP contribution is 2.22. The van der Waals surface area contributed by atoms with E-state index in [0.29, 0.717) is 13.2 Å². The van der Waals surface area contributed by atoms with E-state index in [9.17, 15) is 4.79 Å². The lowest BCUT2D eigenvalue weighted by Crippen LogP contribution is -2.20. The Morgan fingerprint density at radius 1 is 0.926 bits per heavy atom. The average molecular weight is 370 g/mol. The Morgan fingerprint density at radius 3 is 2.11 bits per heavy atom. The molecule has 0 radical (unpaired) electrons. The molecule has 0 unspecified atom stereocenters. The number of hydrogen-bond donors (Lipinski definition) is 2. The Morgan fingerprint density at radius 2 is 1.52 bits per heavy atom. The van der Waals surface area contributed by atoms with Gasteiger partial charge in [0.2, 0.25) is 0 Å². The summed E-state index contributed by atoms with van der Waals surface area (Å²) in [5, 5.41) is 11.7. The average Bonchev–Trinajstić information content (AvgIpc) is 2.62. The molecule has 0 aliphatic carbocycles. The Labute approximate surface area is 162 Å². The summed E-state index contributed by atoms with van der Waals surface area (Å²) in [6, 6.07) is 16.9. The summed E-state index contributed by atoms with van der Waals surface area (Å²) in [7, 11) is 0. The number of carboxylic acid groups (broad SMARTS) is 1. The van der Waals surface area contributed by atoms with Gasteiger partial charge in [0, 0.05) is 13.0 Å². The second-order valence-electron chi connectivity index (χ2n) is 7.83. The van der Waals surface area contributed by atoms with E-state index < -0.39 is 5.97 Å². The molecule has 4 nitrogen and oxygen atoms in total. The SMILES string of the molecule is CC(C)(C)c1ccc(CCOc2ccc(CCNCCC(=O)O)cc2)cc1. The van der Waals surface area contributed by atoms with E-state index in [4.69, 9.17) is 9.84 Å². The molecule has 0 aromatic heterocycles. The minimum Gasteiger partial charge on any atom is -0.493 e. The first kappa shape index (κ1) is 21.0. The third-order valence-electron chi connectivity index (χ3n) is 4.51. The van der Waals surface area contributed by atoms with Crippen molar-refractivity contribution >= 4 is 5.97 Å². The predicted molar refractivity (Wildman–Crippen MR) is 110 cm³/mol. The molecule has 0 fully saturated rings. The maximum Gasteiger partial charge on any atom is 0.304 e. The molecule has 0 heterocycles. The van der Waals surface area contributed by atoms with E-state index in [0.717, 1.165) is 25.1 Å². The van der Waals surface area contributed by atoms with Crippen molar-refractivity contribution in [3.05, 3.63) is 65.2 Å². The molecule has 0 saturated heterocycles. The van der Waals surface area contributed by atoms with E-state index >= 15 is 0 Å². The molecule has 0 bridgehead atoms. The van der Waals surface area contributed by atoms with Crippen LogP contribution >= 0.6 is 0 Å². The highest BCUT2D eigenvalue weighted by atomic mass is 16.5. The molecule has 0 atom stereocenters. The van der Waals surface area contributed by atoms with E-state index in [1.54, 1.807) is 0 Å². The van der Waals surface area contributed by atoms with Gasteiger partial charge < -0.3 is 15.2 Å². The molecule has 0 spiro atoms. The molecule has 146 valence electrons. The van der Waals surface area contributed by atoms with E-state index in [-0.39, 0.29) is 11.8 Å². The maximum atomic E-state index is 10.4. The molecule has 4 heteroatoms. The number of carboxylic acids is 1. The van der Waals surface area contributed by atoms with E-state index in [2.05, 4.69) is 62.5 Å². The Balaban J connectivity index is 1.69. The number of ether oxygens (including phenoxy) is 1. The molecular weight excluding hydrogens is 338 g/mol. The summed E-state index contributed by atoms with van der Waals surface area (Å²) in [6.45, 7) is 8.61. The Bertz CT molecular complexity index is 700. The van der Waals surface area contributed by atoms with Crippen LogP contribution in [0.3, 0.4) is 0 Å². The molecule has 0 aliphatic heterocycles. The van der Waals surface area contributed by atoms with Crippen LogP contribution in [0.5, 0.6) is 5.75 Å². The van der Waals surface area contributed by atoms with Gasteiger partial charge in [-0.15, -0.1) is 0 Å². The van der Waals surface area contributed by atoms with Crippen LogP contribution in [0.2, 0.25) is 0 Å². The lowest BCUT2D eigenvalue weighted by atomic mass is 9.86. The molecular formula is C23H31NO3. The second-order valence-corrected chi connectivity index (χ2v) is 7.83. The van der Waals surface area contributed by atoms with E-state index in [1.807, 2.05) is 12.1 Å². The predicted octanol–water partition coefficient (Wildman–Crippen LogP) is 4.21. The van der Waals surface area contributed by atoms with Crippen LogP contribution in [0.1, 0.15) is 43.9 Å². The number of benzene rings is 2. The fourth-order valence-corrected chi connectivity index (χ4v) is 2.76. The summed E-state index contributed by atoms with van der Waals surface area (Å²) in [5.41, 5.74) is 4.03. The van der Waals surface area contributed by atoms with Crippen molar-refractivity contribution in [2.24, 2.45) is 0 Å². The van der Waals surface area contributed by atoms with Crippen molar-refractivity contribution in [2.75, 3.05) is 19.7 Å². The van der Waals surface area contributed by atoms with Gasteiger partial charge in [0.25, 0.3) is 0 Å². The minimum absolute atomic E-state index is 0.158. The number of rotatable bonds is 10. The van der Waals surface area contributed by atoms with Crippen LogP contribution in [-0.4, -0.2) is 30.8 Å². The van der Waals surface area contributed by atoms with Crippen molar-refractivity contribution in [3.63, 3.8) is 0 Å². The van der Waals surface area contributed by atoms with Crippen molar-refractivity contribution in [2.45, 2.75) is 45.4 Å². The zero-order valence-electron chi connectivity index (χ0n) is 16.6. The molecule has 0 saturated carbocycles. The van der Waals surface area contributed by atoms with Gasteiger partial charge in [0.1, 0.15) is 5.75 Å². The first-order valence-corrected chi connectivity index (χ1v) is 9.58. The summed E-state index contributed by atoms with van der Waals surface area (Å²) in [5.74, 6) is 0.109. The second kappa shape index (κ2) is 10.1. The zero-order chi connectivity index (χ0) is 19.7. The van der Waals surface area contributed by atoms with Gasteiger partial charge in [-0.25, -0.2) is 0 Å². The smallest absolute Gasteiger partial charge is 0.304 e. The summed E-state index contributed by atoms with van der Waals surface area (Å²) < 4.78 is 5.85. The molecule has 27 heavy (non-hydrogen) atoms. The van der Waals surface area contributed by atoms with Crippen LogP contribution < -0.4 is 10.1 Å². The summed E-state index contributed by atoms with van der Waals surface area (Å²) in [4.78, 5) is 10.4. The van der Waals surface area contributed by atoms with Crippen molar-refractivity contribution in [3.8, 4) is 5.75 Å². The quantitative estimate of drug-likeness (QED) is 0.616. The molecule has 2 N–H and O–H groups in total. The zero-order valence-corrected chi connectivity index (χ0v) is 16.6. The van der Waals surface area contributed by atoms with Gasteiger partial charge in [-0.1, -0.05) is 57.2 Å². The number of hydrogen-bond acceptors (Lipinski definition) is 3. The molecule has 0 amide bonds. The number of carbonyl (C=O) groups is 1. The molecule has 2 aromatic carbocycles. The number of aliphatic carboxylic acids is 1. The van der Waals surface area contributed by atoms with Gasteiger partial charge in [-0.05, 0) is 47.2 Å². The van der Waals surface area contributed by atoms with Crippen LogP contribution in [0.25, 0.3) is 0 Å². The first-order valence-electron chi connectivity index (χ1n) is 9.58. The van der Waals surface area contributed by atoms with Crippen LogP contribution in [-0.2, 0) is 23.1 Å². The van der Waals surface area contributed by atoms with Crippen molar-refractivity contribution < 1.29 is 14.6 Å². The number of nitrogens with one attached hydrogen (secondary N) is 1. The highest BCUT2D eigenvalue weighted by molar-refractivity contribution is 5.66. The third-order valence-corrected chi connectivity index (χ3v) is 4.51. The van der Waals surface area contributed by atoms with Gasteiger partial charge >= 0.3 is 5.97 Å². The molecule has 0 aliphatic rings. The topological polar surface area (TPSA) is 58.6 Å². The van der Waals surface area contributed by atoms with Gasteiger partial charge in [0.15, 0.2) is 0 Å². The lowest BCUT2D eigenvalue weighted by Gasteiger charge is -2.19. The minimum atomic E-state index is -0.769. The standard InChI is InChI=1S/C23H31NO3/c1-23(2,3)20-8-4-19(5-9-20)14-17-27-21-10-6-18(7-11-21)12-15-24-16-13-22(25)26/h4-11,24H,12-17H2,1-3H3,(H,25,26). The van der Waals surface area contributed by atoms with Crippen molar-refractivity contribution in [1.29, 1.82) is 0 Å². The van der Waals surface area contributed by atoms with Crippen LogP contribution in [0, 0.1) is 0 Å². The molecule has 2 rings (SSSR count). The van der Waals surface area contributed by atoms with Gasteiger partial charge in [-0.3, -0.25) is 4.79 Å². The summed E-state index contributed by atoms with van der Waals surface area (Å²) >= 11 is 0.